The van der Waals surface area contributed by atoms with Crippen LogP contribution in [0.25, 0.3) is 21.8 Å². The number of hydrogen-bond acceptors (Lipinski definition) is 6. The molecular formula is C22H23N7O. The van der Waals surface area contributed by atoms with Crippen molar-refractivity contribution < 1.29 is 4.79 Å². The summed E-state index contributed by atoms with van der Waals surface area (Å²) in [5.41, 5.74) is 8.94. The number of nitrogen functional groups attached to an aromatic ring is 1. The Hall–Kier alpha value is -3.52. The number of nitrogens with zero attached hydrogens (tertiary/aromatic N) is 4. The number of amides is 1. The summed E-state index contributed by atoms with van der Waals surface area (Å²) in [6.07, 6.45) is 5.91. The smallest absolute Gasteiger partial charge is 0.256 e. The van der Waals surface area contributed by atoms with E-state index in [1.165, 1.54) is 12.8 Å². The topological polar surface area (TPSA) is 113 Å². The predicted octanol–water partition coefficient (Wildman–Crippen LogP) is 3.32. The van der Waals surface area contributed by atoms with Gasteiger partial charge in [0.05, 0.1) is 11.0 Å². The number of carbonyl (C=O) groups excluding carboxylic acids is 1. The van der Waals surface area contributed by atoms with Gasteiger partial charge < -0.3 is 16.0 Å². The summed E-state index contributed by atoms with van der Waals surface area (Å²) in [4.78, 5) is 31.2. The van der Waals surface area contributed by atoms with E-state index in [0.29, 0.717) is 22.9 Å². The molecule has 1 aromatic carbocycles. The predicted molar refractivity (Wildman–Crippen MR) is 117 cm³/mol. The summed E-state index contributed by atoms with van der Waals surface area (Å²) >= 11 is 0. The average Bonchev–Trinajstić information content (AvgIpc) is 3.32. The lowest BCUT2D eigenvalue weighted by molar-refractivity contribution is 0.102. The molecule has 8 heteroatoms. The Bertz CT molecular complexity index is 1250. The molecule has 1 atom stereocenters. The van der Waals surface area contributed by atoms with Crippen LogP contribution in [-0.2, 0) is 6.54 Å². The highest BCUT2D eigenvalue weighted by Gasteiger charge is 2.20. The Morgan fingerprint density at radius 3 is 2.93 bits per heavy atom. The van der Waals surface area contributed by atoms with E-state index in [2.05, 4.69) is 43.1 Å². The van der Waals surface area contributed by atoms with Crippen molar-refractivity contribution >= 4 is 39.5 Å². The summed E-state index contributed by atoms with van der Waals surface area (Å²) in [7, 11) is 0. The van der Waals surface area contributed by atoms with Crippen LogP contribution in [0, 0.1) is 0 Å². The lowest BCUT2D eigenvalue weighted by Gasteiger charge is -2.19. The average molecular weight is 401 g/mol. The fourth-order valence-corrected chi connectivity index (χ4v) is 4.06. The van der Waals surface area contributed by atoms with E-state index in [4.69, 9.17) is 5.73 Å². The lowest BCUT2D eigenvalue weighted by Crippen LogP contribution is -2.26. The molecule has 30 heavy (non-hydrogen) atoms. The van der Waals surface area contributed by atoms with Gasteiger partial charge in [-0.05, 0) is 50.6 Å². The Labute approximate surface area is 173 Å². The van der Waals surface area contributed by atoms with Gasteiger partial charge in [-0.1, -0.05) is 0 Å². The largest absolute Gasteiger partial charge is 0.368 e. The molecule has 1 saturated heterocycles. The Kier molecular flexibility index (Phi) is 4.55. The minimum Gasteiger partial charge on any atom is -0.368 e. The zero-order valence-electron chi connectivity index (χ0n) is 16.7. The number of H-pyrrole nitrogens is 1. The normalized spacial score (nSPS) is 17.0. The van der Waals surface area contributed by atoms with Gasteiger partial charge in [0.25, 0.3) is 5.91 Å². The number of benzene rings is 1. The van der Waals surface area contributed by atoms with Gasteiger partial charge in [-0.3, -0.25) is 9.69 Å². The summed E-state index contributed by atoms with van der Waals surface area (Å²) in [6.45, 7) is 4.32. The zero-order chi connectivity index (χ0) is 20.7. The third-order valence-corrected chi connectivity index (χ3v) is 5.73. The molecule has 5 rings (SSSR count). The highest BCUT2D eigenvalue weighted by molar-refractivity contribution is 6.06. The zero-order valence-corrected chi connectivity index (χ0v) is 16.7. The van der Waals surface area contributed by atoms with Crippen LogP contribution in [0.5, 0.6) is 0 Å². The van der Waals surface area contributed by atoms with Crippen molar-refractivity contribution in [2.75, 3.05) is 17.6 Å². The molecule has 1 amide bonds. The molecule has 0 unspecified atom stereocenters. The van der Waals surface area contributed by atoms with Crippen molar-refractivity contribution in [1.29, 1.82) is 0 Å². The second-order valence-corrected chi connectivity index (χ2v) is 7.87. The number of likely N-dealkylation sites (tertiary alicyclic amines) is 1. The van der Waals surface area contributed by atoms with Crippen LogP contribution in [0.1, 0.15) is 35.8 Å². The maximum atomic E-state index is 12.7. The molecule has 0 radical (unpaired) electrons. The van der Waals surface area contributed by atoms with Crippen molar-refractivity contribution in [2.24, 2.45) is 0 Å². The SMILES string of the molecule is C[C@H]1CCCN1Cc1cc2cnc(NC(=O)c3ccc4nc(N)ncc4c3)cc2[nH]1. The summed E-state index contributed by atoms with van der Waals surface area (Å²) in [5.74, 6) is 0.476. The van der Waals surface area contributed by atoms with Gasteiger partial charge in [0.1, 0.15) is 5.82 Å². The van der Waals surface area contributed by atoms with Crippen LogP contribution in [-0.4, -0.2) is 43.3 Å². The molecule has 4 N–H and O–H groups in total. The number of rotatable bonds is 4. The summed E-state index contributed by atoms with van der Waals surface area (Å²) in [6, 6.07) is 9.84. The molecule has 3 aromatic heterocycles. The molecule has 8 nitrogen and oxygen atoms in total. The molecule has 1 aliphatic rings. The third kappa shape index (κ3) is 3.57. The molecule has 0 saturated carbocycles. The van der Waals surface area contributed by atoms with Gasteiger partial charge in [0.15, 0.2) is 0 Å². The molecule has 1 aliphatic heterocycles. The number of anilines is 2. The molecule has 152 valence electrons. The minimum atomic E-state index is -0.238. The van der Waals surface area contributed by atoms with E-state index in [1.54, 1.807) is 30.6 Å². The molecule has 0 spiro atoms. The van der Waals surface area contributed by atoms with Crippen molar-refractivity contribution in [2.45, 2.75) is 32.4 Å². The Morgan fingerprint density at radius 2 is 2.10 bits per heavy atom. The highest BCUT2D eigenvalue weighted by atomic mass is 16.1. The van der Waals surface area contributed by atoms with Crippen LogP contribution in [0.15, 0.2) is 42.7 Å². The molecule has 0 aliphatic carbocycles. The molecular weight excluding hydrogens is 378 g/mol. The molecule has 4 heterocycles. The first kappa shape index (κ1) is 18.5. The monoisotopic (exact) mass is 401 g/mol. The van der Waals surface area contributed by atoms with Gasteiger partial charge in [0.2, 0.25) is 5.95 Å². The van der Waals surface area contributed by atoms with E-state index >= 15 is 0 Å². The van der Waals surface area contributed by atoms with Crippen LogP contribution >= 0.6 is 0 Å². The van der Waals surface area contributed by atoms with E-state index in [9.17, 15) is 4.79 Å². The number of pyridine rings is 1. The van der Waals surface area contributed by atoms with Gasteiger partial charge in [-0.15, -0.1) is 0 Å². The van der Waals surface area contributed by atoms with Gasteiger partial charge in [-0.25, -0.2) is 15.0 Å². The number of nitrogens with two attached hydrogens (primary N) is 1. The van der Waals surface area contributed by atoms with Crippen molar-refractivity contribution in [3.05, 3.63) is 54.0 Å². The standard InChI is InChI=1S/C22H23N7O/c1-13-3-2-6-29(13)12-17-8-16-10-24-20(9-19(16)26-17)28-21(30)14-4-5-18-15(7-14)11-25-22(23)27-18/h4-5,7-11,13,26H,2-3,6,12H2,1H3,(H2,23,25,27)(H,24,28,30)/t13-/m0/s1. The van der Waals surface area contributed by atoms with Crippen LogP contribution in [0.2, 0.25) is 0 Å². The van der Waals surface area contributed by atoms with Crippen molar-refractivity contribution in [3.8, 4) is 0 Å². The second-order valence-electron chi connectivity index (χ2n) is 7.87. The van der Waals surface area contributed by atoms with Gasteiger partial charge in [0, 0.05) is 53.1 Å². The number of hydrogen-bond donors (Lipinski definition) is 3. The molecule has 0 bridgehead atoms. The third-order valence-electron chi connectivity index (χ3n) is 5.73. The summed E-state index contributed by atoms with van der Waals surface area (Å²) in [5, 5.41) is 4.66. The summed E-state index contributed by atoms with van der Waals surface area (Å²) < 4.78 is 0. The Balaban J connectivity index is 1.34. The number of aromatic amines is 1. The van der Waals surface area contributed by atoms with E-state index < -0.39 is 0 Å². The number of carbonyl (C=O) groups is 1. The minimum absolute atomic E-state index is 0.210. The van der Waals surface area contributed by atoms with Crippen molar-refractivity contribution in [3.63, 3.8) is 0 Å². The lowest BCUT2D eigenvalue weighted by atomic mass is 10.1. The quantitative estimate of drug-likeness (QED) is 0.483. The van der Waals surface area contributed by atoms with Crippen molar-refractivity contribution in [1.82, 2.24) is 24.8 Å². The van der Waals surface area contributed by atoms with Gasteiger partial charge in [-0.2, -0.15) is 0 Å². The fraction of sp³-hybridized carbons (Fsp3) is 0.273. The fourth-order valence-electron chi connectivity index (χ4n) is 4.06. The maximum absolute atomic E-state index is 12.7. The van der Waals surface area contributed by atoms with Crippen LogP contribution in [0.4, 0.5) is 11.8 Å². The molecule has 4 aromatic rings. The van der Waals surface area contributed by atoms with E-state index in [0.717, 1.165) is 35.1 Å². The van der Waals surface area contributed by atoms with Crippen LogP contribution < -0.4 is 11.1 Å². The number of aromatic nitrogens is 4. The Morgan fingerprint density at radius 1 is 1.23 bits per heavy atom. The highest BCUT2D eigenvalue weighted by Crippen LogP contribution is 2.23. The number of nitrogens with one attached hydrogen (secondary N) is 2. The number of fused-ring (bicyclic) bond motifs is 2. The maximum Gasteiger partial charge on any atom is 0.256 e. The van der Waals surface area contributed by atoms with E-state index in [1.807, 2.05) is 6.07 Å². The first-order chi connectivity index (χ1) is 14.5. The van der Waals surface area contributed by atoms with Crippen LogP contribution in [0.3, 0.4) is 0 Å². The second kappa shape index (κ2) is 7.38. The van der Waals surface area contributed by atoms with Gasteiger partial charge >= 0.3 is 0 Å². The first-order valence-electron chi connectivity index (χ1n) is 10.1. The molecule has 1 fully saturated rings. The van der Waals surface area contributed by atoms with E-state index in [-0.39, 0.29) is 11.9 Å². The first-order valence-corrected chi connectivity index (χ1v) is 10.1.